The number of benzene rings is 1. The fraction of sp³-hybridized carbons (Fsp3) is 0.647. The number of nitrogens with one attached hydrogen (secondary N) is 1. The molecule has 1 fully saturated rings. The molecule has 4 heteroatoms. The molecule has 0 aromatic heterocycles. The van der Waals surface area contributed by atoms with Crippen LogP contribution in [-0.4, -0.2) is 36.3 Å². The van der Waals surface area contributed by atoms with Crippen LogP contribution in [0.3, 0.4) is 0 Å². The van der Waals surface area contributed by atoms with Gasteiger partial charge in [0.25, 0.3) is 0 Å². The van der Waals surface area contributed by atoms with Gasteiger partial charge in [-0.2, -0.15) is 11.8 Å². The first-order valence-corrected chi connectivity index (χ1v) is 8.99. The Hall–Kier alpha value is -0.710. The molecule has 1 atom stereocenters. The van der Waals surface area contributed by atoms with Crippen LogP contribution in [0.5, 0.6) is 5.75 Å². The number of rotatable bonds is 7. The standard InChI is InChI=1S/C17H27NO2S/c1-20-15-8-6-7-14(11-15)16(19)12-18-13-17(21-2)9-4-3-5-10-17/h6-8,11,16,18-19H,3-5,9-10,12-13H2,1-2H3. The Morgan fingerprint density at radius 2 is 2.10 bits per heavy atom. The molecule has 0 saturated heterocycles. The highest BCUT2D eigenvalue weighted by molar-refractivity contribution is 8.00. The summed E-state index contributed by atoms with van der Waals surface area (Å²) in [6.07, 6.45) is 8.34. The van der Waals surface area contributed by atoms with Crippen molar-refractivity contribution >= 4 is 11.8 Å². The average Bonchev–Trinajstić information content (AvgIpc) is 2.55. The Labute approximate surface area is 132 Å². The summed E-state index contributed by atoms with van der Waals surface area (Å²) < 4.78 is 5.57. The highest BCUT2D eigenvalue weighted by atomic mass is 32.2. The van der Waals surface area contributed by atoms with E-state index in [1.54, 1.807) is 7.11 Å². The van der Waals surface area contributed by atoms with Gasteiger partial charge < -0.3 is 15.2 Å². The van der Waals surface area contributed by atoms with Gasteiger partial charge in [0.1, 0.15) is 5.75 Å². The molecule has 3 nitrogen and oxygen atoms in total. The van der Waals surface area contributed by atoms with Gasteiger partial charge in [0.2, 0.25) is 0 Å². The summed E-state index contributed by atoms with van der Waals surface area (Å²) >= 11 is 1.98. The molecule has 118 valence electrons. The topological polar surface area (TPSA) is 41.5 Å². The number of aliphatic hydroxyl groups is 1. The third kappa shape index (κ3) is 4.63. The Morgan fingerprint density at radius 1 is 1.33 bits per heavy atom. The minimum absolute atomic E-state index is 0.367. The van der Waals surface area contributed by atoms with Crippen LogP contribution < -0.4 is 10.1 Å². The van der Waals surface area contributed by atoms with Gasteiger partial charge in [0, 0.05) is 17.8 Å². The first kappa shape index (κ1) is 16.7. The third-order valence-electron chi connectivity index (χ3n) is 4.46. The summed E-state index contributed by atoms with van der Waals surface area (Å²) in [5.74, 6) is 0.791. The first-order valence-electron chi connectivity index (χ1n) is 7.77. The molecule has 2 N–H and O–H groups in total. The zero-order chi connectivity index (χ0) is 15.1. The van der Waals surface area contributed by atoms with Crippen molar-refractivity contribution in [1.29, 1.82) is 0 Å². The number of methoxy groups -OCH3 is 1. The molecule has 2 rings (SSSR count). The zero-order valence-electron chi connectivity index (χ0n) is 13.1. The van der Waals surface area contributed by atoms with E-state index < -0.39 is 6.10 Å². The van der Waals surface area contributed by atoms with Crippen molar-refractivity contribution in [2.75, 3.05) is 26.5 Å². The van der Waals surface area contributed by atoms with Crippen LogP contribution >= 0.6 is 11.8 Å². The second-order valence-corrected chi connectivity index (χ2v) is 7.15. The molecule has 1 aliphatic carbocycles. The Kier molecular flexibility index (Phi) is 6.40. The third-order valence-corrected chi connectivity index (χ3v) is 5.88. The van der Waals surface area contributed by atoms with Gasteiger partial charge in [-0.3, -0.25) is 0 Å². The van der Waals surface area contributed by atoms with Crippen molar-refractivity contribution in [3.8, 4) is 5.75 Å². The fourth-order valence-corrected chi connectivity index (χ4v) is 4.00. The number of ether oxygens (including phenoxy) is 1. The van der Waals surface area contributed by atoms with E-state index >= 15 is 0 Å². The molecule has 0 spiro atoms. The summed E-state index contributed by atoms with van der Waals surface area (Å²) in [6, 6.07) is 7.66. The quantitative estimate of drug-likeness (QED) is 0.810. The summed E-state index contributed by atoms with van der Waals surface area (Å²) in [5, 5.41) is 13.8. The van der Waals surface area contributed by atoms with Crippen molar-refractivity contribution in [2.24, 2.45) is 0 Å². The summed E-state index contributed by atoms with van der Waals surface area (Å²) in [5.41, 5.74) is 0.906. The largest absolute Gasteiger partial charge is 0.497 e. The van der Waals surface area contributed by atoms with Gasteiger partial charge in [0.05, 0.1) is 13.2 Å². The summed E-state index contributed by atoms with van der Waals surface area (Å²) in [4.78, 5) is 0. The van der Waals surface area contributed by atoms with Gasteiger partial charge in [0.15, 0.2) is 0 Å². The molecule has 21 heavy (non-hydrogen) atoms. The molecule has 0 aliphatic heterocycles. The van der Waals surface area contributed by atoms with Crippen molar-refractivity contribution < 1.29 is 9.84 Å². The van der Waals surface area contributed by atoms with E-state index in [0.29, 0.717) is 11.3 Å². The monoisotopic (exact) mass is 309 g/mol. The summed E-state index contributed by atoms with van der Waals surface area (Å²) in [6.45, 7) is 1.57. The lowest BCUT2D eigenvalue weighted by atomic mass is 9.88. The summed E-state index contributed by atoms with van der Waals surface area (Å²) in [7, 11) is 1.65. The van der Waals surface area contributed by atoms with Crippen molar-refractivity contribution in [3.63, 3.8) is 0 Å². The van der Waals surface area contributed by atoms with Gasteiger partial charge in [-0.15, -0.1) is 0 Å². The van der Waals surface area contributed by atoms with E-state index in [-0.39, 0.29) is 0 Å². The molecule has 0 heterocycles. The second-order valence-electron chi connectivity index (χ2n) is 5.87. The van der Waals surface area contributed by atoms with E-state index in [2.05, 4.69) is 11.6 Å². The van der Waals surface area contributed by atoms with Crippen LogP contribution in [0.25, 0.3) is 0 Å². The molecular formula is C17H27NO2S. The van der Waals surface area contributed by atoms with Gasteiger partial charge in [-0.1, -0.05) is 31.4 Å². The number of hydrogen-bond donors (Lipinski definition) is 2. The molecule has 1 aromatic rings. The minimum Gasteiger partial charge on any atom is -0.497 e. The molecule has 1 aromatic carbocycles. The van der Waals surface area contributed by atoms with Crippen molar-refractivity contribution in [3.05, 3.63) is 29.8 Å². The highest BCUT2D eigenvalue weighted by Crippen LogP contribution is 2.38. The molecule has 1 aliphatic rings. The van der Waals surface area contributed by atoms with Crippen LogP contribution in [0.1, 0.15) is 43.8 Å². The molecule has 1 unspecified atom stereocenters. The fourth-order valence-electron chi connectivity index (χ4n) is 3.05. The van der Waals surface area contributed by atoms with Crippen molar-refractivity contribution in [1.82, 2.24) is 5.32 Å². The second kappa shape index (κ2) is 8.06. The smallest absolute Gasteiger partial charge is 0.119 e. The molecule has 0 amide bonds. The molecule has 0 bridgehead atoms. The van der Waals surface area contributed by atoms with Gasteiger partial charge in [-0.25, -0.2) is 0 Å². The zero-order valence-corrected chi connectivity index (χ0v) is 13.9. The Balaban J connectivity index is 1.84. The molecule has 1 saturated carbocycles. The van der Waals surface area contributed by atoms with E-state index in [1.165, 1.54) is 32.1 Å². The molecular weight excluding hydrogens is 282 g/mol. The predicted octanol–water partition coefficient (Wildman–Crippen LogP) is 3.38. The van der Waals surface area contributed by atoms with Crippen LogP contribution in [0.15, 0.2) is 24.3 Å². The highest BCUT2D eigenvalue weighted by Gasteiger charge is 2.30. The lowest BCUT2D eigenvalue weighted by molar-refractivity contribution is 0.172. The number of hydrogen-bond acceptors (Lipinski definition) is 4. The number of thioether (sulfide) groups is 1. The Morgan fingerprint density at radius 3 is 2.76 bits per heavy atom. The number of aliphatic hydroxyl groups excluding tert-OH is 1. The van der Waals surface area contributed by atoms with E-state index in [1.807, 2.05) is 36.0 Å². The SMILES string of the molecule is COc1cccc(C(O)CNCC2(SC)CCCCC2)c1. The average molecular weight is 309 g/mol. The maximum atomic E-state index is 10.3. The van der Waals surface area contributed by atoms with Gasteiger partial charge >= 0.3 is 0 Å². The van der Waals surface area contributed by atoms with E-state index in [9.17, 15) is 5.11 Å². The lowest BCUT2D eigenvalue weighted by Crippen LogP contribution is -2.40. The van der Waals surface area contributed by atoms with E-state index in [0.717, 1.165) is 17.9 Å². The predicted molar refractivity (Wildman–Crippen MR) is 90.2 cm³/mol. The van der Waals surface area contributed by atoms with E-state index in [4.69, 9.17) is 4.74 Å². The van der Waals surface area contributed by atoms with Crippen LogP contribution in [0.4, 0.5) is 0 Å². The maximum Gasteiger partial charge on any atom is 0.119 e. The maximum absolute atomic E-state index is 10.3. The van der Waals surface area contributed by atoms with Crippen LogP contribution in [-0.2, 0) is 0 Å². The lowest BCUT2D eigenvalue weighted by Gasteiger charge is -2.36. The van der Waals surface area contributed by atoms with Crippen molar-refractivity contribution in [2.45, 2.75) is 43.0 Å². The van der Waals surface area contributed by atoms with Crippen LogP contribution in [0, 0.1) is 0 Å². The molecule has 0 radical (unpaired) electrons. The Bertz CT molecular complexity index is 433. The van der Waals surface area contributed by atoms with Crippen LogP contribution in [0.2, 0.25) is 0 Å². The normalized spacial score (nSPS) is 19.2. The minimum atomic E-state index is -0.484. The first-order chi connectivity index (χ1) is 10.2. The van der Waals surface area contributed by atoms with Gasteiger partial charge in [-0.05, 0) is 36.8 Å².